The van der Waals surface area contributed by atoms with Crippen molar-refractivity contribution in [1.29, 1.82) is 0 Å². The smallest absolute Gasteiger partial charge is 0.155 e. The second kappa shape index (κ2) is 5.77. The van der Waals surface area contributed by atoms with Crippen LogP contribution in [0.25, 0.3) is 11.4 Å². The van der Waals surface area contributed by atoms with Gasteiger partial charge in [-0.05, 0) is 42.7 Å². The lowest BCUT2D eigenvalue weighted by atomic mass is 10.0. The molecule has 0 aliphatic heterocycles. The Kier molecular flexibility index (Phi) is 3.86. The summed E-state index contributed by atoms with van der Waals surface area (Å²) in [6, 6.07) is 5.75. The van der Waals surface area contributed by atoms with Crippen molar-refractivity contribution in [3.63, 3.8) is 0 Å². The van der Waals surface area contributed by atoms with Gasteiger partial charge in [0.15, 0.2) is 5.82 Å². The number of nitrogens with two attached hydrogens (primary N) is 1. The van der Waals surface area contributed by atoms with E-state index < -0.39 is 0 Å². The summed E-state index contributed by atoms with van der Waals surface area (Å²) in [6.07, 6.45) is 7.14. The third-order valence-corrected chi connectivity index (χ3v) is 2.63. The highest BCUT2D eigenvalue weighted by Crippen LogP contribution is 2.21. The van der Waals surface area contributed by atoms with E-state index in [1.54, 1.807) is 0 Å². The number of hydrogen-bond acceptors (Lipinski definition) is 4. The Morgan fingerprint density at radius 3 is 3.00 bits per heavy atom. The van der Waals surface area contributed by atoms with Gasteiger partial charge in [0.25, 0.3) is 0 Å². The summed E-state index contributed by atoms with van der Waals surface area (Å²) in [4.78, 5) is 14.3. The topological polar surface area (TPSA) is 84.7 Å². The molecule has 0 saturated carbocycles. The minimum Gasteiger partial charge on any atom is -0.399 e. The average molecular weight is 242 g/mol. The van der Waals surface area contributed by atoms with Crippen molar-refractivity contribution in [2.75, 3.05) is 5.73 Å². The fourth-order valence-electron chi connectivity index (χ4n) is 1.70. The number of anilines is 1. The van der Waals surface area contributed by atoms with Crippen LogP contribution in [0.3, 0.4) is 0 Å². The maximum absolute atomic E-state index is 10.2. The first kappa shape index (κ1) is 12.0. The molecule has 0 amide bonds. The molecule has 1 aromatic heterocycles. The van der Waals surface area contributed by atoms with Gasteiger partial charge in [-0.3, -0.25) is 9.89 Å². The predicted octanol–water partition coefficient (Wildman–Crippen LogP) is 1.74. The molecule has 0 spiro atoms. The highest BCUT2D eigenvalue weighted by Gasteiger charge is 2.04. The normalized spacial score (nSPS) is 10.9. The molecule has 3 N–H and O–H groups in total. The number of carbonyl (C=O) groups excluding carboxylic acids is 1. The summed E-state index contributed by atoms with van der Waals surface area (Å²) < 4.78 is 0. The Balaban J connectivity index is 2.16. The summed E-state index contributed by atoms with van der Waals surface area (Å²) in [5.74, 6) is 0.722. The van der Waals surface area contributed by atoms with Crippen LogP contribution in [0, 0.1) is 0 Å². The maximum Gasteiger partial charge on any atom is 0.155 e. The number of rotatable bonds is 5. The van der Waals surface area contributed by atoms with Crippen molar-refractivity contribution in [2.24, 2.45) is 0 Å². The fraction of sp³-hybridized carbons (Fsp3) is 0.154. The van der Waals surface area contributed by atoms with Crippen molar-refractivity contribution in [3.05, 3.63) is 42.2 Å². The van der Waals surface area contributed by atoms with E-state index in [1.807, 2.05) is 24.3 Å². The molecular formula is C13H14N4O. The van der Waals surface area contributed by atoms with Gasteiger partial charge in [0.2, 0.25) is 0 Å². The highest BCUT2D eigenvalue weighted by molar-refractivity contribution is 5.64. The Bertz CT molecular complexity index is 546. The Labute approximate surface area is 105 Å². The summed E-state index contributed by atoms with van der Waals surface area (Å²) in [7, 11) is 0. The molecule has 2 aromatic rings. The van der Waals surface area contributed by atoms with Crippen molar-refractivity contribution in [2.45, 2.75) is 12.8 Å². The number of nitrogens with one attached hydrogen (secondary N) is 1. The van der Waals surface area contributed by atoms with E-state index in [1.165, 1.54) is 12.4 Å². The number of nitrogens with zero attached hydrogens (tertiary/aromatic N) is 2. The number of aromatic amines is 1. The number of allylic oxidation sites excluding steroid dienone is 2. The standard InChI is InChI=1S/C13H14N4O/c14-12-6-5-11(13-15-9-16-17-13)8-10(12)4-2-1-3-7-18/h1,3,5-9H,2,4,14H2,(H,15,16,17)/b3-1+. The molecule has 0 atom stereocenters. The van der Waals surface area contributed by atoms with Crippen LogP contribution < -0.4 is 5.73 Å². The number of benzene rings is 1. The molecule has 0 fully saturated rings. The number of nitrogen functional groups attached to an aromatic ring is 1. The van der Waals surface area contributed by atoms with E-state index in [-0.39, 0.29) is 0 Å². The van der Waals surface area contributed by atoms with Gasteiger partial charge in [-0.15, -0.1) is 0 Å². The van der Waals surface area contributed by atoms with Gasteiger partial charge in [-0.1, -0.05) is 6.08 Å². The highest BCUT2D eigenvalue weighted by atomic mass is 16.1. The molecular weight excluding hydrogens is 228 g/mol. The molecule has 92 valence electrons. The van der Waals surface area contributed by atoms with Crippen molar-refractivity contribution in [1.82, 2.24) is 15.2 Å². The SMILES string of the molecule is Nc1ccc(-c2ncn[nH]2)cc1CC/C=C/C=O. The molecule has 0 bridgehead atoms. The van der Waals surface area contributed by atoms with Crippen LogP contribution in [-0.2, 0) is 11.2 Å². The summed E-state index contributed by atoms with van der Waals surface area (Å²) in [5, 5.41) is 6.63. The van der Waals surface area contributed by atoms with Crippen molar-refractivity contribution >= 4 is 12.0 Å². The molecule has 0 saturated heterocycles. The Morgan fingerprint density at radius 1 is 1.39 bits per heavy atom. The Hall–Kier alpha value is -2.43. The lowest BCUT2D eigenvalue weighted by molar-refractivity contribution is -0.104. The molecule has 1 heterocycles. The summed E-state index contributed by atoms with van der Waals surface area (Å²) in [6.45, 7) is 0. The molecule has 0 aliphatic rings. The van der Waals surface area contributed by atoms with Crippen molar-refractivity contribution in [3.8, 4) is 11.4 Å². The quantitative estimate of drug-likeness (QED) is 0.475. The molecule has 0 aliphatic carbocycles. The lowest BCUT2D eigenvalue weighted by Gasteiger charge is -2.06. The first-order valence-electron chi connectivity index (χ1n) is 5.65. The second-order valence-corrected chi connectivity index (χ2v) is 3.85. The van der Waals surface area contributed by atoms with Gasteiger partial charge in [0, 0.05) is 11.3 Å². The largest absolute Gasteiger partial charge is 0.399 e. The van der Waals surface area contributed by atoms with E-state index in [9.17, 15) is 4.79 Å². The summed E-state index contributed by atoms with van der Waals surface area (Å²) >= 11 is 0. The van der Waals surface area contributed by atoms with Gasteiger partial charge in [-0.2, -0.15) is 5.10 Å². The zero-order valence-electron chi connectivity index (χ0n) is 9.84. The van der Waals surface area contributed by atoms with Crippen LogP contribution in [0.4, 0.5) is 5.69 Å². The zero-order chi connectivity index (χ0) is 12.8. The Morgan fingerprint density at radius 2 is 2.28 bits per heavy atom. The summed E-state index contributed by atoms with van der Waals surface area (Å²) in [5.41, 5.74) is 8.66. The molecule has 1 aromatic carbocycles. The van der Waals surface area contributed by atoms with Crippen molar-refractivity contribution < 1.29 is 4.79 Å². The van der Waals surface area contributed by atoms with Crippen LogP contribution >= 0.6 is 0 Å². The predicted molar refractivity (Wildman–Crippen MR) is 69.8 cm³/mol. The monoisotopic (exact) mass is 242 g/mol. The first-order valence-corrected chi connectivity index (χ1v) is 5.65. The third-order valence-electron chi connectivity index (χ3n) is 2.63. The molecule has 5 heteroatoms. The van der Waals surface area contributed by atoms with E-state index in [2.05, 4.69) is 15.2 Å². The number of aldehydes is 1. The fourth-order valence-corrected chi connectivity index (χ4v) is 1.70. The van der Waals surface area contributed by atoms with E-state index >= 15 is 0 Å². The van der Waals surface area contributed by atoms with Gasteiger partial charge >= 0.3 is 0 Å². The first-order chi connectivity index (χ1) is 8.81. The molecule has 18 heavy (non-hydrogen) atoms. The van der Waals surface area contributed by atoms with Crippen LogP contribution in [0.15, 0.2) is 36.7 Å². The second-order valence-electron chi connectivity index (χ2n) is 3.85. The molecule has 5 nitrogen and oxygen atoms in total. The van der Waals surface area contributed by atoms with E-state index in [0.29, 0.717) is 0 Å². The van der Waals surface area contributed by atoms with Crippen LogP contribution in [-0.4, -0.2) is 21.5 Å². The molecule has 0 radical (unpaired) electrons. The van der Waals surface area contributed by atoms with Crippen LogP contribution in [0.5, 0.6) is 0 Å². The van der Waals surface area contributed by atoms with Crippen LogP contribution in [0.1, 0.15) is 12.0 Å². The third kappa shape index (κ3) is 2.82. The molecule has 0 unspecified atom stereocenters. The minimum absolute atomic E-state index is 0.722. The van der Waals surface area contributed by atoms with Crippen LogP contribution in [0.2, 0.25) is 0 Å². The zero-order valence-corrected chi connectivity index (χ0v) is 9.84. The van der Waals surface area contributed by atoms with Gasteiger partial charge in [0.05, 0.1) is 0 Å². The van der Waals surface area contributed by atoms with E-state index in [0.717, 1.165) is 41.8 Å². The van der Waals surface area contributed by atoms with Gasteiger partial charge < -0.3 is 5.73 Å². The molecule has 2 rings (SSSR count). The maximum atomic E-state index is 10.2. The average Bonchev–Trinajstić information content (AvgIpc) is 2.90. The number of aryl methyl sites for hydroxylation is 1. The van der Waals surface area contributed by atoms with Gasteiger partial charge in [0.1, 0.15) is 12.6 Å². The number of H-pyrrole nitrogens is 1. The minimum atomic E-state index is 0.722. The van der Waals surface area contributed by atoms with E-state index in [4.69, 9.17) is 5.73 Å². The number of hydrogen-bond donors (Lipinski definition) is 2. The number of carbonyl (C=O) groups is 1. The van der Waals surface area contributed by atoms with Gasteiger partial charge in [-0.25, -0.2) is 4.98 Å². The number of aromatic nitrogens is 3. The lowest BCUT2D eigenvalue weighted by Crippen LogP contribution is -1.95.